The van der Waals surface area contributed by atoms with Crippen molar-refractivity contribution < 1.29 is 19.1 Å². The number of pyridine rings is 1. The van der Waals surface area contributed by atoms with Gasteiger partial charge < -0.3 is 20.1 Å². The molecular formula is C26H28N4O4. The number of rotatable bonds is 7. The lowest BCUT2D eigenvalue weighted by molar-refractivity contribution is -0.136. The second-order valence-electron chi connectivity index (χ2n) is 8.03. The van der Waals surface area contributed by atoms with Crippen LogP contribution < -0.4 is 20.1 Å². The lowest BCUT2D eigenvalue weighted by atomic mass is 9.97. The summed E-state index contributed by atoms with van der Waals surface area (Å²) < 4.78 is 10.5. The molecule has 0 unspecified atom stereocenters. The molecule has 4 rings (SSSR count). The van der Waals surface area contributed by atoms with Crippen molar-refractivity contribution in [1.29, 1.82) is 0 Å². The van der Waals surface area contributed by atoms with Crippen molar-refractivity contribution in [2.45, 2.75) is 19.0 Å². The van der Waals surface area contributed by atoms with Crippen molar-refractivity contribution in [3.05, 3.63) is 83.7 Å². The second-order valence-corrected chi connectivity index (χ2v) is 8.03. The third-order valence-corrected chi connectivity index (χ3v) is 5.97. The Morgan fingerprint density at radius 2 is 1.79 bits per heavy atom. The largest absolute Gasteiger partial charge is 0.493 e. The summed E-state index contributed by atoms with van der Waals surface area (Å²) in [7, 11) is 3.04. The van der Waals surface area contributed by atoms with Gasteiger partial charge in [0.25, 0.3) is 0 Å². The van der Waals surface area contributed by atoms with E-state index >= 15 is 0 Å². The molecule has 0 saturated heterocycles. The van der Waals surface area contributed by atoms with Crippen molar-refractivity contribution in [3.63, 3.8) is 0 Å². The first-order valence-corrected chi connectivity index (χ1v) is 11.1. The Balaban J connectivity index is 1.43. The van der Waals surface area contributed by atoms with E-state index in [1.807, 2.05) is 18.2 Å². The van der Waals surface area contributed by atoms with Gasteiger partial charge in [0.2, 0.25) is 0 Å². The van der Waals surface area contributed by atoms with Crippen LogP contribution in [0, 0.1) is 0 Å². The molecule has 0 bridgehead atoms. The first kappa shape index (κ1) is 23.3. The number of aromatic nitrogens is 1. The van der Waals surface area contributed by atoms with E-state index in [2.05, 4.69) is 38.7 Å². The summed E-state index contributed by atoms with van der Waals surface area (Å²) in [6, 6.07) is 17.1. The van der Waals surface area contributed by atoms with Crippen LogP contribution in [0.15, 0.2) is 67.0 Å². The fraction of sp³-hybridized carbons (Fsp3) is 0.269. The number of carbonyl (C=O) groups excluding carboxylic acids is 2. The third kappa shape index (κ3) is 5.35. The van der Waals surface area contributed by atoms with Crippen LogP contribution in [-0.2, 0) is 22.6 Å². The van der Waals surface area contributed by atoms with Crippen molar-refractivity contribution >= 4 is 17.5 Å². The van der Waals surface area contributed by atoms with Crippen molar-refractivity contribution in [2.24, 2.45) is 0 Å². The summed E-state index contributed by atoms with van der Waals surface area (Å²) in [6.45, 7) is 1.90. The number of hydrogen-bond acceptors (Lipinski definition) is 6. The van der Waals surface area contributed by atoms with Gasteiger partial charge in [0, 0.05) is 43.8 Å². The lowest BCUT2D eigenvalue weighted by Gasteiger charge is -2.35. The highest BCUT2D eigenvalue weighted by molar-refractivity contribution is 6.39. The summed E-state index contributed by atoms with van der Waals surface area (Å²) in [4.78, 5) is 31.7. The number of anilines is 1. The van der Waals surface area contributed by atoms with E-state index in [0.717, 1.165) is 25.1 Å². The fourth-order valence-corrected chi connectivity index (χ4v) is 4.19. The van der Waals surface area contributed by atoms with Gasteiger partial charge in [-0.3, -0.25) is 19.5 Å². The van der Waals surface area contributed by atoms with Gasteiger partial charge >= 0.3 is 11.8 Å². The third-order valence-electron chi connectivity index (χ3n) is 5.97. The molecule has 3 aromatic rings. The summed E-state index contributed by atoms with van der Waals surface area (Å²) in [5, 5.41) is 5.41. The van der Waals surface area contributed by atoms with Gasteiger partial charge in [-0.05, 0) is 41.3 Å². The molecule has 0 saturated carbocycles. The predicted molar refractivity (Wildman–Crippen MR) is 129 cm³/mol. The highest BCUT2D eigenvalue weighted by atomic mass is 16.5. The number of benzene rings is 2. The minimum Gasteiger partial charge on any atom is -0.493 e. The predicted octanol–water partition coefficient (Wildman–Crippen LogP) is 2.95. The molecule has 176 valence electrons. The molecule has 2 N–H and O–H groups in total. The molecule has 2 amide bonds. The number of ether oxygens (including phenoxy) is 2. The van der Waals surface area contributed by atoms with Gasteiger partial charge in [0.15, 0.2) is 11.5 Å². The maximum atomic E-state index is 12.6. The molecule has 2 aromatic carbocycles. The number of hydrogen-bond donors (Lipinski definition) is 2. The van der Waals surface area contributed by atoms with Crippen molar-refractivity contribution in [2.75, 3.05) is 32.6 Å². The SMILES string of the molecule is COc1ccc(NC(=O)C(=O)NC[C@@H](c2cccnc2)N2CCc3ccccc3C2)cc1OC. The molecule has 1 aliphatic rings. The minimum absolute atomic E-state index is 0.111. The smallest absolute Gasteiger partial charge is 0.313 e. The molecule has 0 spiro atoms. The van der Waals surface area contributed by atoms with Gasteiger partial charge in [-0.15, -0.1) is 0 Å². The van der Waals surface area contributed by atoms with Crippen LogP contribution in [0.1, 0.15) is 22.7 Å². The molecule has 1 aliphatic heterocycles. The van der Waals surface area contributed by atoms with E-state index in [4.69, 9.17) is 9.47 Å². The van der Waals surface area contributed by atoms with Crippen molar-refractivity contribution in [1.82, 2.24) is 15.2 Å². The van der Waals surface area contributed by atoms with Crippen LogP contribution in [0.5, 0.6) is 11.5 Å². The zero-order chi connectivity index (χ0) is 23.9. The van der Waals surface area contributed by atoms with Crippen LogP contribution in [0.2, 0.25) is 0 Å². The molecule has 2 heterocycles. The topological polar surface area (TPSA) is 92.8 Å². The number of methoxy groups -OCH3 is 2. The highest BCUT2D eigenvalue weighted by Gasteiger charge is 2.26. The van der Waals surface area contributed by atoms with Gasteiger partial charge in [-0.2, -0.15) is 0 Å². The average molecular weight is 461 g/mol. The van der Waals surface area contributed by atoms with Gasteiger partial charge in [-0.25, -0.2) is 0 Å². The normalized spacial score (nSPS) is 13.9. The average Bonchev–Trinajstić information content (AvgIpc) is 2.89. The number of fused-ring (bicyclic) bond motifs is 1. The monoisotopic (exact) mass is 460 g/mol. The maximum absolute atomic E-state index is 12.6. The summed E-state index contributed by atoms with van der Waals surface area (Å²) in [5.41, 5.74) is 4.05. The van der Waals surface area contributed by atoms with E-state index in [-0.39, 0.29) is 12.6 Å². The molecule has 34 heavy (non-hydrogen) atoms. The molecule has 0 radical (unpaired) electrons. The quantitative estimate of drug-likeness (QED) is 0.527. The molecular weight excluding hydrogens is 432 g/mol. The van der Waals surface area contributed by atoms with E-state index in [9.17, 15) is 9.59 Å². The van der Waals surface area contributed by atoms with Crippen LogP contribution >= 0.6 is 0 Å². The van der Waals surface area contributed by atoms with Crippen LogP contribution in [-0.4, -0.2) is 49.0 Å². The van der Waals surface area contributed by atoms with Gasteiger partial charge in [0.05, 0.1) is 20.3 Å². The maximum Gasteiger partial charge on any atom is 0.313 e. The number of amides is 2. The second kappa shape index (κ2) is 10.8. The fourth-order valence-electron chi connectivity index (χ4n) is 4.19. The number of nitrogens with zero attached hydrogens (tertiary/aromatic N) is 2. The van der Waals surface area contributed by atoms with Gasteiger partial charge in [0.1, 0.15) is 0 Å². The van der Waals surface area contributed by atoms with Crippen LogP contribution in [0.3, 0.4) is 0 Å². The Morgan fingerprint density at radius 1 is 1.00 bits per heavy atom. The molecule has 1 aromatic heterocycles. The number of nitrogens with one attached hydrogen (secondary N) is 2. The van der Waals surface area contributed by atoms with Crippen LogP contribution in [0.25, 0.3) is 0 Å². The molecule has 8 nitrogen and oxygen atoms in total. The first-order valence-electron chi connectivity index (χ1n) is 11.1. The Bertz CT molecular complexity index is 1150. The summed E-state index contributed by atoms with van der Waals surface area (Å²) in [5.74, 6) is -0.461. The molecule has 8 heteroatoms. The minimum atomic E-state index is -0.749. The Labute approximate surface area is 198 Å². The van der Waals surface area contributed by atoms with E-state index in [1.54, 1.807) is 30.6 Å². The zero-order valence-corrected chi connectivity index (χ0v) is 19.3. The van der Waals surface area contributed by atoms with Crippen molar-refractivity contribution in [3.8, 4) is 11.5 Å². The highest BCUT2D eigenvalue weighted by Crippen LogP contribution is 2.30. The van der Waals surface area contributed by atoms with E-state index in [0.29, 0.717) is 17.2 Å². The Hall–Kier alpha value is -3.91. The zero-order valence-electron chi connectivity index (χ0n) is 19.3. The Morgan fingerprint density at radius 3 is 2.53 bits per heavy atom. The Kier molecular flexibility index (Phi) is 7.39. The summed E-state index contributed by atoms with van der Waals surface area (Å²) in [6.07, 6.45) is 4.46. The number of carbonyl (C=O) groups is 2. The van der Waals surface area contributed by atoms with E-state index in [1.165, 1.54) is 25.3 Å². The molecule has 0 fully saturated rings. The molecule has 1 atom stereocenters. The van der Waals surface area contributed by atoms with Gasteiger partial charge in [-0.1, -0.05) is 30.3 Å². The molecule has 0 aliphatic carbocycles. The first-order chi connectivity index (χ1) is 16.6. The van der Waals surface area contributed by atoms with Crippen LogP contribution in [0.4, 0.5) is 5.69 Å². The van der Waals surface area contributed by atoms with E-state index < -0.39 is 11.8 Å². The lowest BCUT2D eigenvalue weighted by Crippen LogP contribution is -2.43. The standard InChI is InChI=1S/C26H28N4O4/c1-33-23-10-9-21(14-24(23)34-2)29-26(32)25(31)28-16-22(19-8-5-12-27-15-19)30-13-11-18-6-3-4-7-20(18)17-30/h3-10,12,14-15,22H,11,13,16-17H2,1-2H3,(H,28,31)(H,29,32)/t22-/m0/s1. The summed E-state index contributed by atoms with van der Waals surface area (Å²) >= 11 is 0.